The molecule has 4 N–H and O–H groups in total. The van der Waals surface area contributed by atoms with Crippen molar-refractivity contribution in [1.29, 1.82) is 0 Å². The van der Waals surface area contributed by atoms with E-state index in [0.29, 0.717) is 63.7 Å². The fourth-order valence-electron chi connectivity index (χ4n) is 4.96. The Labute approximate surface area is 239 Å². The average molecular weight is 571 g/mol. The molecule has 4 unspecified atom stereocenters. The van der Waals surface area contributed by atoms with Gasteiger partial charge in [-0.1, -0.05) is 13.8 Å². The van der Waals surface area contributed by atoms with Crippen LogP contribution in [0.2, 0.25) is 0 Å². The molecule has 4 rings (SSSR count). The summed E-state index contributed by atoms with van der Waals surface area (Å²) in [5, 5.41) is 42.6. The second-order valence-electron chi connectivity index (χ2n) is 9.70. The van der Waals surface area contributed by atoms with E-state index in [1.165, 1.54) is 28.4 Å². The summed E-state index contributed by atoms with van der Waals surface area (Å²) in [7, 11) is 5.83. The predicted octanol–water partition coefficient (Wildman–Crippen LogP) is 4.85. The maximum atomic E-state index is 10.8. The topological polar surface area (TPSA) is 136 Å². The highest BCUT2D eigenvalue weighted by atomic mass is 16.6. The first-order valence-electron chi connectivity index (χ1n) is 13.4. The van der Waals surface area contributed by atoms with Crippen molar-refractivity contribution < 1.29 is 48.8 Å². The van der Waals surface area contributed by atoms with Crippen molar-refractivity contribution in [3.63, 3.8) is 0 Å². The summed E-state index contributed by atoms with van der Waals surface area (Å²) in [6.45, 7) is 3.28. The van der Waals surface area contributed by atoms with E-state index < -0.39 is 31.0 Å². The van der Waals surface area contributed by atoms with E-state index in [9.17, 15) is 20.4 Å². The van der Waals surface area contributed by atoms with Crippen molar-refractivity contribution >= 4 is 0 Å². The summed E-state index contributed by atoms with van der Waals surface area (Å²) in [6, 6.07) is 10.2. The largest absolute Gasteiger partial charge is 0.502 e. The van der Waals surface area contributed by atoms with E-state index in [1.807, 2.05) is 13.8 Å². The third kappa shape index (κ3) is 5.68. The molecule has 10 heteroatoms. The zero-order valence-electron chi connectivity index (χ0n) is 24.1. The molecule has 0 aliphatic carbocycles. The summed E-state index contributed by atoms with van der Waals surface area (Å²) in [5.41, 5.74) is 2.75. The van der Waals surface area contributed by atoms with Gasteiger partial charge >= 0.3 is 0 Å². The SMILES string of the molecule is CCC(O)c1cc(OC)c2c(c1)-c1cc(C(O)CC)cc(OC)c1OC(c1cc(OC)c(O)c(OC)c1)C(CO)O2. The van der Waals surface area contributed by atoms with Crippen molar-refractivity contribution in [3.05, 3.63) is 53.1 Å². The Morgan fingerprint density at radius 2 is 1.12 bits per heavy atom. The lowest BCUT2D eigenvalue weighted by atomic mass is 9.92. The van der Waals surface area contributed by atoms with Crippen LogP contribution >= 0.6 is 0 Å². The van der Waals surface area contributed by atoms with Crippen molar-refractivity contribution in [3.8, 4) is 51.4 Å². The molecule has 3 aromatic carbocycles. The van der Waals surface area contributed by atoms with Gasteiger partial charge in [0, 0.05) is 16.7 Å². The second kappa shape index (κ2) is 12.8. The van der Waals surface area contributed by atoms with Crippen LogP contribution in [0.15, 0.2) is 36.4 Å². The lowest BCUT2D eigenvalue weighted by Crippen LogP contribution is -2.34. The molecule has 0 amide bonds. The molecule has 0 fully saturated rings. The number of fused-ring (bicyclic) bond motifs is 3. The molecule has 4 atom stereocenters. The Hall–Kier alpha value is -3.86. The summed E-state index contributed by atoms with van der Waals surface area (Å²) >= 11 is 0. The zero-order chi connectivity index (χ0) is 29.8. The first-order valence-corrected chi connectivity index (χ1v) is 13.4. The first kappa shape index (κ1) is 30.1. The molecule has 1 aliphatic rings. The number of aromatic hydroxyl groups is 1. The van der Waals surface area contributed by atoms with Gasteiger partial charge in [-0.05, 0) is 60.4 Å². The molecule has 0 radical (unpaired) electrons. The standard InChI is InChI=1S/C31H38O10/c1-7-21(33)16-9-19-20-10-17(22(34)8-2)12-26(39-6)31(20)41-29(27(15-32)40-30(19)25(11-16)38-5)18-13-23(36-3)28(35)24(14-18)37-4/h9-14,21-22,27,29,32-35H,7-8,15H2,1-6H3. The second-order valence-corrected chi connectivity index (χ2v) is 9.70. The Bertz CT molecular complexity index is 1350. The van der Waals surface area contributed by atoms with Crippen LogP contribution in [-0.4, -0.2) is 61.6 Å². The number of aliphatic hydroxyl groups excluding tert-OH is 3. The molecule has 41 heavy (non-hydrogen) atoms. The van der Waals surface area contributed by atoms with Crippen molar-refractivity contribution in [2.45, 2.75) is 51.1 Å². The molecule has 3 aromatic rings. The van der Waals surface area contributed by atoms with Crippen LogP contribution in [0.5, 0.6) is 40.2 Å². The number of hydrogen-bond acceptors (Lipinski definition) is 10. The number of ether oxygens (including phenoxy) is 6. The van der Waals surface area contributed by atoms with Gasteiger partial charge in [0.15, 0.2) is 46.7 Å². The number of methoxy groups -OCH3 is 4. The summed E-state index contributed by atoms with van der Waals surface area (Å²) in [6.07, 6.45) is -2.53. The zero-order valence-corrected chi connectivity index (χ0v) is 24.1. The van der Waals surface area contributed by atoms with Gasteiger partial charge in [-0.2, -0.15) is 0 Å². The van der Waals surface area contributed by atoms with Gasteiger partial charge < -0.3 is 48.8 Å². The van der Waals surface area contributed by atoms with Gasteiger partial charge in [-0.15, -0.1) is 0 Å². The minimum atomic E-state index is -0.970. The molecule has 1 aliphatic heterocycles. The molecule has 0 saturated heterocycles. The molecular formula is C31H38O10. The number of phenols is 1. The van der Waals surface area contributed by atoms with Crippen LogP contribution in [0.1, 0.15) is 61.7 Å². The van der Waals surface area contributed by atoms with Gasteiger partial charge in [0.05, 0.1) is 47.3 Å². The molecule has 0 aromatic heterocycles. The summed E-state index contributed by atoms with van der Waals surface area (Å²) in [5.74, 6) is 1.43. The smallest absolute Gasteiger partial charge is 0.200 e. The van der Waals surface area contributed by atoms with Crippen LogP contribution in [0.25, 0.3) is 11.1 Å². The first-order chi connectivity index (χ1) is 19.7. The lowest BCUT2D eigenvalue weighted by Gasteiger charge is -2.34. The van der Waals surface area contributed by atoms with Crippen LogP contribution in [0.3, 0.4) is 0 Å². The number of phenolic OH excluding ortho intramolecular Hbond substituents is 1. The lowest BCUT2D eigenvalue weighted by molar-refractivity contribution is 0.0106. The van der Waals surface area contributed by atoms with E-state index in [1.54, 1.807) is 36.4 Å². The van der Waals surface area contributed by atoms with Crippen LogP contribution in [0.4, 0.5) is 0 Å². The number of aliphatic hydroxyl groups is 3. The van der Waals surface area contributed by atoms with Gasteiger partial charge in [0.1, 0.15) is 0 Å². The van der Waals surface area contributed by atoms with Gasteiger partial charge in [-0.3, -0.25) is 0 Å². The minimum Gasteiger partial charge on any atom is -0.502 e. The average Bonchev–Trinajstić information content (AvgIpc) is 3.00. The molecule has 0 saturated carbocycles. The Balaban J connectivity index is 2.07. The van der Waals surface area contributed by atoms with Crippen LogP contribution < -0.4 is 28.4 Å². The Kier molecular flexibility index (Phi) is 9.37. The highest BCUT2D eigenvalue weighted by Crippen LogP contribution is 2.52. The highest BCUT2D eigenvalue weighted by Gasteiger charge is 2.36. The molecule has 0 bridgehead atoms. The van der Waals surface area contributed by atoms with E-state index >= 15 is 0 Å². The third-order valence-corrected chi connectivity index (χ3v) is 7.29. The van der Waals surface area contributed by atoms with Crippen LogP contribution in [0, 0.1) is 0 Å². The molecular weight excluding hydrogens is 532 g/mol. The number of rotatable bonds is 10. The number of hydrogen-bond donors (Lipinski definition) is 4. The minimum absolute atomic E-state index is 0.145. The fourth-order valence-corrected chi connectivity index (χ4v) is 4.96. The van der Waals surface area contributed by atoms with Gasteiger partial charge in [-0.25, -0.2) is 0 Å². The maximum absolute atomic E-state index is 10.8. The van der Waals surface area contributed by atoms with E-state index in [-0.39, 0.29) is 17.2 Å². The third-order valence-electron chi connectivity index (χ3n) is 7.29. The van der Waals surface area contributed by atoms with Crippen LogP contribution in [-0.2, 0) is 0 Å². The molecule has 222 valence electrons. The van der Waals surface area contributed by atoms with Crippen molar-refractivity contribution in [1.82, 2.24) is 0 Å². The van der Waals surface area contributed by atoms with Gasteiger partial charge in [0.25, 0.3) is 0 Å². The Morgan fingerprint density at radius 3 is 1.51 bits per heavy atom. The van der Waals surface area contributed by atoms with Crippen molar-refractivity contribution in [2.24, 2.45) is 0 Å². The highest BCUT2D eigenvalue weighted by molar-refractivity contribution is 5.82. The molecule has 10 nitrogen and oxygen atoms in total. The molecule has 0 spiro atoms. The summed E-state index contributed by atoms with van der Waals surface area (Å²) in [4.78, 5) is 0. The monoisotopic (exact) mass is 570 g/mol. The normalized spacial score (nSPS) is 17.5. The molecule has 1 heterocycles. The maximum Gasteiger partial charge on any atom is 0.200 e. The van der Waals surface area contributed by atoms with E-state index in [4.69, 9.17) is 28.4 Å². The van der Waals surface area contributed by atoms with E-state index in [0.717, 1.165) is 0 Å². The Morgan fingerprint density at radius 1 is 0.683 bits per heavy atom. The van der Waals surface area contributed by atoms with E-state index in [2.05, 4.69) is 0 Å². The number of benzene rings is 3. The summed E-state index contributed by atoms with van der Waals surface area (Å²) < 4.78 is 35.3. The van der Waals surface area contributed by atoms with Gasteiger partial charge in [0.2, 0.25) is 5.75 Å². The quantitative estimate of drug-likeness (QED) is 0.268. The van der Waals surface area contributed by atoms with Crippen molar-refractivity contribution in [2.75, 3.05) is 35.0 Å². The fraction of sp³-hybridized carbons (Fsp3) is 0.419. The predicted molar refractivity (Wildman–Crippen MR) is 152 cm³/mol.